The van der Waals surface area contributed by atoms with Crippen molar-refractivity contribution >= 4 is 23.6 Å². The van der Waals surface area contributed by atoms with Crippen LogP contribution in [-0.4, -0.2) is 53.6 Å². The molecule has 0 fully saturated rings. The molecule has 0 atom stereocenters. The predicted molar refractivity (Wildman–Crippen MR) is 83.9 cm³/mol. The number of hydrogen-bond donors (Lipinski definition) is 1. The van der Waals surface area contributed by atoms with Crippen molar-refractivity contribution in [3.05, 3.63) is 29.8 Å². The van der Waals surface area contributed by atoms with Crippen LogP contribution in [0.25, 0.3) is 0 Å². The first-order valence-electron chi connectivity index (χ1n) is 6.72. The van der Waals surface area contributed by atoms with Gasteiger partial charge in [-0.15, -0.1) is 11.8 Å². The number of aryl methyl sites for hydroxylation is 1. The van der Waals surface area contributed by atoms with Crippen molar-refractivity contribution in [2.45, 2.75) is 13.3 Å². The zero-order valence-electron chi connectivity index (χ0n) is 12.4. The van der Waals surface area contributed by atoms with Crippen LogP contribution in [0, 0.1) is 6.92 Å². The van der Waals surface area contributed by atoms with Crippen molar-refractivity contribution in [1.82, 2.24) is 4.90 Å². The number of ether oxygens (including phenoxy) is 1. The number of nitrogens with zero attached hydrogens (tertiary/aromatic N) is 1. The van der Waals surface area contributed by atoms with E-state index in [4.69, 9.17) is 9.84 Å². The van der Waals surface area contributed by atoms with Gasteiger partial charge in [0.2, 0.25) is 5.91 Å². The van der Waals surface area contributed by atoms with Crippen molar-refractivity contribution in [3.63, 3.8) is 0 Å². The third kappa shape index (κ3) is 7.04. The van der Waals surface area contributed by atoms with Crippen molar-refractivity contribution in [2.24, 2.45) is 0 Å². The second kappa shape index (κ2) is 9.28. The molecular formula is C15H21NO4S. The number of benzene rings is 1. The van der Waals surface area contributed by atoms with E-state index in [1.54, 1.807) is 11.9 Å². The second-order valence-corrected chi connectivity index (χ2v) is 5.65. The molecule has 0 heterocycles. The number of amides is 1. The molecule has 5 nitrogen and oxygen atoms in total. The number of carbonyl (C=O) groups is 2. The molecule has 0 aliphatic heterocycles. The Hall–Kier alpha value is -1.69. The molecule has 0 radical (unpaired) electrons. The first kappa shape index (κ1) is 17.4. The number of para-hydroxylation sites is 1. The SMILES string of the molecule is Cc1ccccc1OCCCN(C)C(=O)CSCC(=O)O. The molecule has 0 spiro atoms. The standard InChI is InChI=1S/C15H21NO4S/c1-12-6-3-4-7-13(12)20-9-5-8-16(2)14(17)10-21-11-15(18)19/h3-4,6-7H,5,8-11H2,1-2H3,(H,18,19). The summed E-state index contributed by atoms with van der Waals surface area (Å²) in [5.41, 5.74) is 1.09. The molecule has 1 rings (SSSR count). The summed E-state index contributed by atoms with van der Waals surface area (Å²) in [6.07, 6.45) is 0.736. The summed E-state index contributed by atoms with van der Waals surface area (Å²) >= 11 is 1.11. The Morgan fingerprint density at radius 2 is 2.00 bits per heavy atom. The number of aliphatic carboxylic acids is 1. The number of carbonyl (C=O) groups excluding carboxylic acids is 1. The zero-order valence-corrected chi connectivity index (χ0v) is 13.2. The Labute approximate surface area is 129 Å². The molecule has 0 saturated heterocycles. The van der Waals surface area contributed by atoms with Gasteiger partial charge in [0.1, 0.15) is 5.75 Å². The first-order valence-corrected chi connectivity index (χ1v) is 7.88. The van der Waals surface area contributed by atoms with Gasteiger partial charge in [0.05, 0.1) is 18.1 Å². The zero-order chi connectivity index (χ0) is 15.7. The lowest BCUT2D eigenvalue weighted by molar-refractivity contribution is -0.133. The van der Waals surface area contributed by atoms with E-state index in [0.717, 1.165) is 29.5 Å². The highest BCUT2D eigenvalue weighted by molar-refractivity contribution is 8.00. The predicted octanol–water partition coefficient (Wildman–Crippen LogP) is 2.04. The topological polar surface area (TPSA) is 66.8 Å². The van der Waals surface area contributed by atoms with E-state index in [1.165, 1.54) is 0 Å². The van der Waals surface area contributed by atoms with Crippen LogP contribution in [0.15, 0.2) is 24.3 Å². The average Bonchev–Trinajstić information content (AvgIpc) is 2.44. The van der Waals surface area contributed by atoms with Gasteiger partial charge in [-0.3, -0.25) is 9.59 Å². The monoisotopic (exact) mass is 311 g/mol. The van der Waals surface area contributed by atoms with E-state index in [2.05, 4.69) is 0 Å². The summed E-state index contributed by atoms with van der Waals surface area (Å²) in [6, 6.07) is 7.80. The Balaban J connectivity index is 2.18. The maximum atomic E-state index is 11.7. The average molecular weight is 311 g/mol. The third-order valence-corrected chi connectivity index (χ3v) is 3.77. The molecule has 1 aromatic rings. The van der Waals surface area contributed by atoms with E-state index in [9.17, 15) is 9.59 Å². The van der Waals surface area contributed by atoms with Gasteiger partial charge in [-0.2, -0.15) is 0 Å². The van der Waals surface area contributed by atoms with Crippen LogP contribution in [0.2, 0.25) is 0 Å². The van der Waals surface area contributed by atoms with Gasteiger partial charge >= 0.3 is 5.97 Å². The molecule has 116 valence electrons. The largest absolute Gasteiger partial charge is 0.493 e. The summed E-state index contributed by atoms with van der Waals surface area (Å²) < 4.78 is 5.66. The minimum atomic E-state index is -0.901. The smallest absolute Gasteiger partial charge is 0.313 e. The lowest BCUT2D eigenvalue weighted by Gasteiger charge is -2.17. The second-order valence-electron chi connectivity index (χ2n) is 4.67. The first-order chi connectivity index (χ1) is 10.0. The number of rotatable bonds is 9. The quantitative estimate of drug-likeness (QED) is 0.707. The molecule has 1 N–H and O–H groups in total. The fraction of sp³-hybridized carbons (Fsp3) is 0.467. The van der Waals surface area contributed by atoms with Crippen molar-refractivity contribution in [1.29, 1.82) is 0 Å². The number of thioether (sulfide) groups is 1. The highest BCUT2D eigenvalue weighted by Crippen LogP contribution is 2.16. The highest BCUT2D eigenvalue weighted by atomic mass is 32.2. The van der Waals surface area contributed by atoms with E-state index < -0.39 is 5.97 Å². The lowest BCUT2D eigenvalue weighted by atomic mass is 10.2. The molecule has 1 aromatic carbocycles. The molecule has 0 aliphatic carbocycles. The molecule has 0 saturated carbocycles. The number of carboxylic acids is 1. The van der Waals surface area contributed by atoms with Gasteiger partial charge in [0.25, 0.3) is 0 Å². The highest BCUT2D eigenvalue weighted by Gasteiger charge is 2.09. The summed E-state index contributed by atoms with van der Waals surface area (Å²) in [6.45, 7) is 3.13. The van der Waals surface area contributed by atoms with Gasteiger partial charge < -0.3 is 14.7 Å². The lowest BCUT2D eigenvalue weighted by Crippen LogP contribution is -2.30. The Bertz CT molecular complexity index is 478. The van der Waals surface area contributed by atoms with Crippen molar-refractivity contribution in [2.75, 3.05) is 31.7 Å². The molecule has 1 amide bonds. The minimum absolute atomic E-state index is 0.0457. The Kier molecular flexibility index (Phi) is 7.68. The number of carboxylic acid groups (broad SMARTS) is 1. The molecule has 21 heavy (non-hydrogen) atoms. The molecule has 0 aliphatic rings. The maximum Gasteiger partial charge on any atom is 0.313 e. The van der Waals surface area contributed by atoms with Crippen LogP contribution < -0.4 is 4.74 Å². The number of hydrogen-bond acceptors (Lipinski definition) is 4. The van der Waals surface area contributed by atoms with Crippen LogP contribution in [0.1, 0.15) is 12.0 Å². The fourth-order valence-corrected chi connectivity index (χ4v) is 2.33. The fourth-order valence-electron chi connectivity index (χ4n) is 1.66. The maximum absolute atomic E-state index is 11.7. The molecule has 0 aromatic heterocycles. The Morgan fingerprint density at radius 1 is 1.29 bits per heavy atom. The van der Waals surface area contributed by atoms with Crippen LogP contribution in [-0.2, 0) is 9.59 Å². The summed E-state index contributed by atoms with van der Waals surface area (Å²) in [7, 11) is 1.72. The van der Waals surface area contributed by atoms with Crippen LogP contribution in [0.5, 0.6) is 5.75 Å². The van der Waals surface area contributed by atoms with Gasteiger partial charge in [-0.25, -0.2) is 0 Å². The molecule has 0 unspecified atom stereocenters. The van der Waals surface area contributed by atoms with Gasteiger partial charge in [0, 0.05) is 13.6 Å². The molecular weight excluding hydrogens is 290 g/mol. The minimum Gasteiger partial charge on any atom is -0.493 e. The van der Waals surface area contributed by atoms with Crippen LogP contribution in [0.4, 0.5) is 0 Å². The van der Waals surface area contributed by atoms with Gasteiger partial charge in [-0.1, -0.05) is 18.2 Å². The van der Waals surface area contributed by atoms with E-state index in [0.29, 0.717) is 13.2 Å². The van der Waals surface area contributed by atoms with Crippen molar-refractivity contribution in [3.8, 4) is 5.75 Å². The van der Waals surface area contributed by atoms with Gasteiger partial charge in [0.15, 0.2) is 0 Å². The Morgan fingerprint density at radius 3 is 2.67 bits per heavy atom. The molecule has 6 heteroatoms. The van der Waals surface area contributed by atoms with E-state index in [-0.39, 0.29) is 17.4 Å². The van der Waals surface area contributed by atoms with E-state index >= 15 is 0 Å². The van der Waals surface area contributed by atoms with Crippen LogP contribution in [0.3, 0.4) is 0 Å². The van der Waals surface area contributed by atoms with Gasteiger partial charge in [-0.05, 0) is 25.0 Å². The summed E-state index contributed by atoms with van der Waals surface area (Å²) in [5.74, 6) is 0.0555. The molecule has 0 bridgehead atoms. The summed E-state index contributed by atoms with van der Waals surface area (Å²) in [4.78, 5) is 23.7. The van der Waals surface area contributed by atoms with Crippen molar-refractivity contribution < 1.29 is 19.4 Å². The summed E-state index contributed by atoms with van der Waals surface area (Å²) in [5, 5.41) is 8.51. The van der Waals surface area contributed by atoms with E-state index in [1.807, 2.05) is 31.2 Å². The van der Waals surface area contributed by atoms with Crippen LogP contribution >= 0.6 is 11.8 Å². The third-order valence-electron chi connectivity index (χ3n) is 2.87. The normalized spacial score (nSPS) is 10.2.